The normalized spacial score (nSPS) is 29.0. The smallest absolute Gasteiger partial charge is 0.325 e. The van der Waals surface area contributed by atoms with Gasteiger partial charge in [-0.15, -0.1) is 0 Å². The van der Waals surface area contributed by atoms with Gasteiger partial charge in [-0.25, -0.2) is 8.42 Å². The molecular weight excluding hydrogens is 292 g/mol. The number of sulfone groups is 1. The number of rotatable bonds is 7. The standard InChI is InChI=1S/C14H26N2O4S/c1-3-6-15-14(13(17)18,12-4-5-12)10-16-7-8-21(19,20)9-11(16)2/h11-12,15H,3-10H2,1-2H3,(H,17,18). The predicted octanol–water partition coefficient (Wildman–Crippen LogP) is 0.338. The van der Waals surface area contributed by atoms with Crippen LogP contribution in [0.4, 0.5) is 0 Å². The van der Waals surface area contributed by atoms with Gasteiger partial charge < -0.3 is 10.4 Å². The van der Waals surface area contributed by atoms with E-state index in [9.17, 15) is 18.3 Å². The number of carboxylic acid groups (broad SMARTS) is 1. The van der Waals surface area contributed by atoms with Gasteiger partial charge in [-0.1, -0.05) is 6.92 Å². The fraction of sp³-hybridized carbons (Fsp3) is 0.929. The average molecular weight is 318 g/mol. The molecule has 0 bridgehead atoms. The van der Waals surface area contributed by atoms with Gasteiger partial charge in [-0.2, -0.15) is 0 Å². The van der Waals surface area contributed by atoms with Crippen molar-refractivity contribution in [1.29, 1.82) is 0 Å². The molecule has 1 saturated heterocycles. The summed E-state index contributed by atoms with van der Waals surface area (Å²) in [6, 6.07) is -0.121. The molecular formula is C14H26N2O4S. The van der Waals surface area contributed by atoms with Gasteiger partial charge in [0.15, 0.2) is 9.84 Å². The molecule has 1 aliphatic carbocycles. The maximum atomic E-state index is 11.9. The Labute approximate surface area is 126 Å². The van der Waals surface area contributed by atoms with Crippen molar-refractivity contribution in [2.24, 2.45) is 5.92 Å². The van der Waals surface area contributed by atoms with Crippen LogP contribution in [0.2, 0.25) is 0 Å². The van der Waals surface area contributed by atoms with Crippen LogP contribution in [0.25, 0.3) is 0 Å². The third-order valence-corrected chi connectivity index (χ3v) is 6.40. The van der Waals surface area contributed by atoms with E-state index in [2.05, 4.69) is 5.32 Å². The fourth-order valence-corrected chi connectivity index (χ4v) is 4.78. The van der Waals surface area contributed by atoms with E-state index >= 15 is 0 Å². The highest BCUT2D eigenvalue weighted by Gasteiger charge is 2.52. The molecule has 1 saturated carbocycles. The molecule has 2 atom stereocenters. The Morgan fingerprint density at radius 3 is 2.57 bits per heavy atom. The minimum Gasteiger partial charge on any atom is -0.480 e. The first-order valence-electron chi connectivity index (χ1n) is 7.73. The Kier molecular flexibility index (Phi) is 4.95. The molecule has 0 radical (unpaired) electrons. The largest absolute Gasteiger partial charge is 0.480 e. The first-order valence-corrected chi connectivity index (χ1v) is 9.56. The van der Waals surface area contributed by atoms with E-state index in [-0.39, 0.29) is 23.5 Å². The van der Waals surface area contributed by atoms with Crippen molar-refractivity contribution in [2.45, 2.75) is 44.7 Å². The van der Waals surface area contributed by atoms with Crippen LogP contribution in [0, 0.1) is 5.92 Å². The minimum absolute atomic E-state index is 0.121. The maximum Gasteiger partial charge on any atom is 0.325 e. The summed E-state index contributed by atoms with van der Waals surface area (Å²) in [7, 11) is -2.97. The number of carboxylic acids is 1. The number of carbonyl (C=O) groups is 1. The van der Waals surface area contributed by atoms with Crippen molar-refractivity contribution >= 4 is 15.8 Å². The van der Waals surface area contributed by atoms with Gasteiger partial charge in [0.1, 0.15) is 5.54 Å². The zero-order valence-electron chi connectivity index (χ0n) is 12.8. The van der Waals surface area contributed by atoms with Gasteiger partial charge in [0.2, 0.25) is 0 Å². The quantitative estimate of drug-likeness (QED) is 0.704. The second-order valence-corrected chi connectivity index (χ2v) is 8.64. The van der Waals surface area contributed by atoms with Crippen molar-refractivity contribution in [1.82, 2.24) is 10.2 Å². The van der Waals surface area contributed by atoms with Crippen LogP contribution in [-0.2, 0) is 14.6 Å². The Balaban J connectivity index is 2.13. The summed E-state index contributed by atoms with van der Waals surface area (Å²) in [5.41, 5.74) is -0.925. The van der Waals surface area contributed by atoms with Crippen molar-refractivity contribution in [3.05, 3.63) is 0 Å². The third-order valence-electron chi connectivity index (χ3n) is 4.61. The molecule has 21 heavy (non-hydrogen) atoms. The second-order valence-electron chi connectivity index (χ2n) is 6.41. The maximum absolute atomic E-state index is 11.9. The van der Waals surface area contributed by atoms with E-state index in [0.29, 0.717) is 19.6 Å². The Morgan fingerprint density at radius 1 is 1.43 bits per heavy atom. The molecule has 0 aromatic heterocycles. The number of nitrogens with zero attached hydrogens (tertiary/aromatic N) is 1. The minimum atomic E-state index is -2.97. The van der Waals surface area contributed by atoms with Gasteiger partial charge in [0, 0.05) is 19.1 Å². The van der Waals surface area contributed by atoms with Gasteiger partial charge >= 0.3 is 5.97 Å². The Hall–Kier alpha value is -0.660. The zero-order valence-corrected chi connectivity index (χ0v) is 13.7. The number of aliphatic carboxylic acids is 1. The molecule has 0 aromatic carbocycles. The molecule has 0 amide bonds. The first kappa shape index (κ1) is 16.7. The number of nitrogens with one attached hydrogen (secondary N) is 1. The van der Waals surface area contributed by atoms with Crippen LogP contribution in [-0.4, -0.2) is 67.1 Å². The van der Waals surface area contributed by atoms with Crippen LogP contribution in [0.5, 0.6) is 0 Å². The molecule has 1 aliphatic heterocycles. The van der Waals surface area contributed by atoms with E-state index in [1.807, 2.05) is 18.7 Å². The lowest BCUT2D eigenvalue weighted by Gasteiger charge is -2.40. The molecule has 1 heterocycles. The molecule has 2 aliphatic rings. The first-order chi connectivity index (χ1) is 9.81. The molecule has 2 fully saturated rings. The van der Waals surface area contributed by atoms with Crippen LogP contribution in [0.1, 0.15) is 33.1 Å². The van der Waals surface area contributed by atoms with Gasteiger partial charge in [0.25, 0.3) is 0 Å². The zero-order chi connectivity index (χ0) is 15.7. The van der Waals surface area contributed by atoms with Crippen molar-refractivity contribution in [3.63, 3.8) is 0 Å². The lowest BCUT2D eigenvalue weighted by Crippen LogP contribution is -2.63. The van der Waals surface area contributed by atoms with E-state index in [1.54, 1.807) is 0 Å². The molecule has 7 heteroatoms. The lowest BCUT2D eigenvalue weighted by molar-refractivity contribution is -0.147. The molecule has 6 nitrogen and oxygen atoms in total. The molecule has 0 aromatic rings. The highest BCUT2D eigenvalue weighted by atomic mass is 32.2. The van der Waals surface area contributed by atoms with Crippen molar-refractivity contribution in [2.75, 3.05) is 31.1 Å². The highest BCUT2D eigenvalue weighted by molar-refractivity contribution is 7.91. The van der Waals surface area contributed by atoms with E-state index in [0.717, 1.165) is 19.3 Å². The van der Waals surface area contributed by atoms with E-state index < -0.39 is 21.3 Å². The van der Waals surface area contributed by atoms with Crippen LogP contribution in [0.15, 0.2) is 0 Å². The van der Waals surface area contributed by atoms with Crippen LogP contribution >= 0.6 is 0 Å². The van der Waals surface area contributed by atoms with Crippen LogP contribution < -0.4 is 5.32 Å². The average Bonchev–Trinajstić information content (AvgIpc) is 3.20. The van der Waals surface area contributed by atoms with Crippen LogP contribution in [0.3, 0.4) is 0 Å². The predicted molar refractivity (Wildman–Crippen MR) is 81.1 cm³/mol. The number of hydrogen-bond acceptors (Lipinski definition) is 5. The van der Waals surface area contributed by atoms with Gasteiger partial charge in [-0.3, -0.25) is 9.69 Å². The molecule has 2 rings (SSSR count). The monoisotopic (exact) mass is 318 g/mol. The van der Waals surface area contributed by atoms with Gasteiger partial charge in [-0.05, 0) is 38.6 Å². The lowest BCUT2D eigenvalue weighted by atomic mass is 9.91. The topological polar surface area (TPSA) is 86.7 Å². The van der Waals surface area contributed by atoms with E-state index in [1.165, 1.54) is 0 Å². The molecule has 0 spiro atoms. The molecule has 122 valence electrons. The van der Waals surface area contributed by atoms with E-state index in [4.69, 9.17) is 0 Å². The summed E-state index contributed by atoms with van der Waals surface area (Å²) >= 11 is 0. The van der Waals surface area contributed by atoms with Crippen molar-refractivity contribution in [3.8, 4) is 0 Å². The molecule has 2 unspecified atom stereocenters. The Morgan fingerprint density at radius 2 is 2.10 bits per heavy atom. The van der Waals surface area contributed by atoms with Crippen molar-refractivity contribution < 1.29 is 18.3 Å². The summed E-state index contributed by atoms with van der Waals surface area (Å²) in [4.78, 5) is 13.9. The summed E-state index contributed by atoms with van der Waals surface area (Å²) in [5, 5.41) is 13.0. The fourth-order valence-electron chi connectivity index (χ4n) is 3.16. The third kappa shape index (κ3) is 3.76. The summed E-state index contributed by atoms with van der Waals surface area (Å²) in [6.07, 6.45) is 2.75. The summed E-state index contributed by atoms with van der Waals surface area (Å²) in [6.45, 7) is 5.38. The second kappa shape index (κ2) is 6.22. The molecule has 2 N–H and O–H groups in total. The SMILES string of the molecule is CCCNC(CN1CCS(=O)(=O)CC1C)(C(=O)O)C1CC1. The highest BCUT2D eigenvalue weighted by Crippen LogP contribution is 2.41. The number of hydrogen-bond donors (Lipinski definition) is 2. The van der Waals surface area contributed by atoms with Gasteiger partial charge in [0.05, 0.1) is 11.5 Å². The summed E-state index contributed by atoms with van der Waals surface area (Å²) in [5.74, 6) is -0.390. The summed E-state index contributed by atoms with van der Waals surface area (Å²) < 4.78 is 23.3. The Bertz CT molecular complexity index is 489.